The van der Waals surface area contributed by atoms with Crippen molar-refractivity contribution in [2.24, 2.45) is 5.73 Å². The zero-order valence-electron chi connectivity index (χ0n) is 15.2. The van der Waals surface area contributed by atoms with Gasteiger partial charge in [0.05, 0.1) is 16.5 Å². The third-order valence-electron chi connectivity index (χ3n) is 3.82. The molecule has 1 aliphatic heterocycles. The Morgan fingerprint density at radius 1 is 1.14 bits per heavy atom. The van der Waals surface area contributed by atoms with Crippen molar-refractivity contribution in [3.8, 4) is 11.5 Å². The number of nitrogens with two attached hydrogens (primary N) is 1. The van der Waals surface area contributed by atoms with Gasteiger partial charge < -0.3 is 15.2 Å². The third kappa shape index (κ3) is 5.52. The molecule has 1 heterocycles. The van der Waals surface area contributed by atoms with Crippen LogP contribution in [0.5, 0.6) is 11.5 Å². The Morgan fingerprint density at radius 2 is 1.93 bits per heavy atom. The zero-order valence-corrected chi connectivity index (χ0v) is 16.7. The fraction of sp³-hybridized carbons (Fsp3) is 0.150. The van der Waals surface area contributed by atoms with Gasteiger partial charge in [-0.1, -0.05) is 35.9 Å². The highest BCUT2D eigenvalue weighted by molar-refractivity contribution is 8.18. The molecule has 0 aromatic heterocycles. The van der Waals surface area contributed by atoms with Gasteiger partial charge in [-0.2, -0.15) is 0 Å². The number of carbonyl (C=O) groups excluding carboxylic acids is 3. The van der Waals surface area contributed by atoms with Crippen LogP contribution in [-0.2, 0) is 9.59 Å². The second kappa shape index (κ2) is 9.49. The lowest BCUT2D eigenvalue weighted by molar-refractivity contribution is -0.123. The first-order valence-electron chi connectivity index (χ1n) is 8.58. The van der Waals surface area contributed by atoms with Crippen LogP contribution in [0.1, 0.15) is 5.56 Å². The van der Waals surface area contributed by atoms with Crippen molar-refractivity contribution in [2.75, 3.05) is 19.8 Å². The molecule has 2 N–H and O–H groups in total. The molecule has 2 aromatic rings. The Labute approximate surface area is 176 Å². The molecule has 7 nitrogen and oxygen atoms in total. The lowest BCUT2D eigenvalue weighted by atomic mass is 10.2. The van der Waals surface area contributed by atoms with E-state index in [-0.39, 0.29) is 25.0 Å². The number of hydrogen-bond donors (Lipinski definition) is 1. The average molecular weight is 433 g/mol. The second-order valence-corrected chi connectivity index (χ2v) is 7.34. The number of halogens is 1. The van der Waals surface area contributed by atoms with Gasteiger partial charge in [0.25, 0.3) is 17.1 Å². The standard InChI is InChI=1S/C20H17ClN2O5S/c21-15-6-1-2-7-16(15)27-9-8-23-19(25)17(29-20(23)26)11-13-4-3-5-14(10-13)28-12-18(22)24/h1-7,10-11H,8-9,12H2,(H2,22,24)/b17-11-. The van der Waals surface area contributed by atoms with Gasteiger partial charge in [0.15, 0.2) is 6.61 Å². The van der Waals surface area contributed by atoms with Crippen molar-refractivity contribution in [2.45, 2.75) is 0 Å². The van der Waals surface area contributed by atoms with Crippen LogP contribution in [0.2, 0.25) is 5.02 Å². The van der Waals surface area contributed by atoms with Gasteiger partial charge in [0.2, 0.25) is 0 Å². The summed E-state index contributed by atoms with van der Waals surface area (Å²) in [5.41, 5.74) is 5.72. The van der Waals surface area contributed by atoms with Crippen LogP contribution in [-0.4, -0.2) is 41.7 Å². The maximum absolute atomic E-state index is 12.6. The van der Waals surface area contributed by atoms with E-state index in [2.05, 4.69) is 0 Å². The number of para-hydroxylation sites is 1. The second-order valence-electron chi connectivity index (χ2n) is 5.94. The van der Waals surface area contributed by atoms with Crippen LogP contribution in [0.4, 0.5) is 4.79 Å². The Bertz CT molecular complexity index is 979. The third-order valence-corrected chi connectivity index (χ3v) is 5.04. The molecular weight excluding hydrogens is 416 g/mol. The average Bonchev–Trinajstić information content (AvgIpc) is 2.95. The Kier molecular flexibility index (Phi) is 6.79. The Hall–Kier alpha value is -2.97. The van der Waals surface area contributed by atoms with Gasteiger partial charge in [0, 0.05) is 0 Å². The van der Waals surface area contributed by atoms with Crippen molar-refractivity contribution in [3.05, 3.63) is 64.0 Å². The van der Waals surface area contributed by atoms with Crippen molar-refractivity contribution in [1.82, 2.24) is 4.90 Å². The molecule has 1 aliphatic rings. The molecule has 3 rings (SSSR count). The molecule has 0 spiro atoms. The van der Waals surface area contributed by atoms with E-state index in [9.17, 15) is 14.4 Å². The molecule has 29 heavy (non-hydrogen) atoms. The number of thioether (sulfide) groups is 1. The molecule has 0 bridgehead atoms. The lowest BCUT2D eigenvalue weighted by Gasteiger charge is -2.13. The first-order chi connectivity index (χ1) is 13.9. The van der Waals surface area contributed by atoms with Gasteiger partial charge in [-0.15, -0.1) is 0 Å². The molecule has 9 heteroatoms. The number of imide groups is 1. The highest BCUT2D eigenvalue weighted by Crippen LogP contribution is 2.32. The van der Waals surface area contributed by atoms with Gasteiger partial charge >= 0.3 is 0 Å². The largest absolute Gasteiger partial charge is 0.490 e. The summed E-state index contributed by atoms with van der Waals surface area (Å²) in [6.07, 6.45) is 1.59. The van der Waals surface area contributed by atoms with Crippen LogP contribution < -0.4 is 15.2 Å². The van der Waals surface area contributed by atoms with Crippen LogP contribution in [0.3, 0.4) is 0 Å². The van der Waals surface area contributed by atoms with Gasteiger partial charge in [-0.25, -0.2) is 0 Å². The fourth-order valence-corrected chi connectivity index (χ4v) is 3.56. The van der Waals surface area contributed by atoms with Crippen molar-refractivity contribution in [3.63, 3.8) is 0 Å². The molecular formula is C20H17ClN2O5S. The van der Waals surface area contributed by atoms with Gasteiger partial charge in [-0.05, 0) is 47.7 Å². The van der Waals surface area contributed by atoms with Crippen LogP contribution in [0.25, 0.3) is 6.08 Å². The van der Waals surface area contributed by atoms with E-state index >= 15 is 0 Å². The van der Waals surface area contributed by atoms with E-state index in [4.69, 9.17) is 26.8 Å². The molecule has 3 amide bonds. The normalized spacial score (nSPS) is 15.1. The van der Waals surface area contributed by atoms with Crippen LogP contribution in [0, 0.1) is 0 Å². The number of nitrogens with zero attached hydrogens (tertiary/aromatic N) is 1. The number of hydrogen-bond acceptors (Lipinski definition) is 6. The highest BCUT2D eigenvalue weighted by atomic mass is 35.5. The smallest absolute Gasteiger partial charge is 0.293 e. The highest BCUT2D eigenvalue weighted by Gasteiger charge is 2.34. The maximum Gasteiger partial charge on any atom is 0.293 e. The molecule has 0 aliphatic carbocycles. The van der Waals surface area contributed by atoms with Crippen LogP contribution >= 0.6 is 23.4 Å². The van der Waals surface area contributed by atoms with Crippen molar-refractivity contribution >= 4 is 46.5 Å². The Balaban J connectivity index is 1.63. The molecule has 1 fully saturated rings. The molecule has 0 atom stereocenters. The number of carbonyl (C=O) groups is 3. The van der Waals surface area contributed by atoms with E-state index in [1.165, 1.54) is 0 Å². The van der Waals surface area contributed by atoms with Crippen LogP contribution in [0.15, 0.2) is 53.4 Å². The molecule has 0 unspecified atom stereocenters. The number of benzene rings is 2. The van der Waals surface area contributed by atoms with E-state index in [0.29, 0.717) is 27.0 Å². The van der Waals surface area contributed by atoms with E-state index in [1.54, 1.807) is 54.6 Å². The first kappa shape index (κ1) is 20.8. The number of ether oxygens (including phenoxy) is 2. The SMILES string of the molecule is NC(=O)COc1cccc(/C=C2\SC(=O)N(CCOc3ccccc3Cl)C2=O)c1. The molecule has 1 saturated heterocycles. The summed E-state index contributed by atoms with van der Waals surface area (Å²) in [5.74, 6) is -0.0591. The quantitative estimate of drug-likeness (QED) is 0.642. The predicted octanol–water partition coefficient (Wildman–Crippen LogP) is 3.32. The van der Waals surface area contributed by atoms with Gasteiger partial charge in [-0.3, -0.25) is 19.3 Å². The summed E-state index contributed by atoms with van der Waals surface area (Å²) in [6.45, 7) is -0.00805. The fourth-order valence-electron chi connectivity index (χ4n) is 2.50. The Morgan fingerprint density at radius 3 is 2.69 bits per heavy atom. The summed E-state index contributed by atoms with van der Waals surface area (Å²) >= 11 is 6.87. The number of primary amides is 1. The summed E-state index contributed by atoms with van der Waals surface area (Å²) in [5, 5.41) is 0.0881. The lowest BCUT2D eigenvalue weighted by Crippen LogP contribution is -2.32. The number of rotatable bonds is 8. The monoisotopic (exact) mass is 432 g/mol. The van der Waals surface area contributed by atoms with E-state index < -0.39 is 11.8 Å². The van der Waals surface area contributed by atoms with E-state index in [1.807, 2.05) is 0 Å². The van der Waals surface area contributed by atoms with Crippen molar-refractivity contribution in [1.29, 1.82) is 0 Å². The summed E-state index contributed by atoms with van der Waals surface area (Å²) in [4.78, 5) is 37.0. The number of amides is 3. The molecule has 150 valence electrons. The van der Waals surface area contributed by atoms with Gasteiger partial charge in [0.1, 0.15) is 18.1 Å². The summed E-state index contributed by atoms with van der Waals surface area (Å²) in [6, 6.07) is 13.8. The molecule has 2 aromatic carbocycles. The zero-order chi connectivity index (χ0) is 20.8. The summed E-state index contributed by atoms with van der Waals surface area (Å²) < 4.78 is 10.8. The molecule has 0 radical (unpaired) electrons. The van der Waals surface area contributed by atoms with E-state index in [0.717, 1.165) is 16.7 Å². The topological polar surface area (TPSA) is 98.9 Å². The first-order valence-corrected chi connectivity index (χ1v) is 9.77. The maximum atomic E-state index is 12.6. The molecule has 0 saturated carbocycles. The minimum Gasteiger partial charge on any atom is -0.490 e. The predicted molar refractivity (Wildman–Crippen MR) is 111 cm³/mol. The summed E-state index contributed by atoms with van der Waals surface area (Å²) in [7, 11) is 0. The minimum absolute atomic E-state index is 0.106. The van der Waals surface area contributed by atoms with Crippen molar-refractivity contribution < 1.29 is 23.9 Å². The minimum atomic E-state index is -0.587.